The molecule has 0 aliphatic carbocycles. The molecule has 0 spiro atoms. The summed E-state index contributed by atoms with van der Waals surface area (Å²) in [5.41, 5.74) is 8.01. The van der Waals surface area contributed by atoms with Gasteiger partial charge in [-0.3, -0.25) is 9.78 Å². The third-order valence-electron chi connectivity index (χ3n) is 2.54. The number of benzene rings is 1. The molecular weight excluding hydrogens is 252 g/mol. The Morgan fingerprint density at radius 1 is 1.40 bits per heavy atom. The highest BCUT2D eigenvalue weighted by molar-refractivity contribution is 6.03. The van der Waals surface area contributed by atoms with Gasteiger partial charge in [-0.1, -0.05) is 17.9 Å². The monoisotopic (exact) mass is 266 g/mol. The van der Waals surface area contributed by atoms with Gasteiger partial charge < -0.3 is 11.1 Å². The van der Waals surface area contributed by atoms with E-state index in [4.69, 9.17) is 5.73 Å². The molecule has 0 atom stereocenters. The Hall–Kier alpha value is -2.71. The Morgan fingerprint density at radius 2 is 2.25 bits per heavy atom. The van der Waals surface area contributed by atoms with Crippen LogP contribution in [0.3, 0.4) is 0 Å². The Kier molecular flexibility index (Phi) is 4.43. The van der Waals surface area contributed by atoms with Crippen LogP contribution in [0.1, 0.15) is 21.6 Å². The number of aryl methyl sites for hydroxylation is 1. The zero-order valence-electron chi connectivity index (χ0n) is 11.1. The summed E-state index contributed by atoms with van der Waals surface area (Å²) in [6.07, 6.45) is 4.40. The molecule has 1 aromatic heterocycles. The lowest BCUT2D eigenvalue weighted by molar-refractivity contribution is 0.102. The molecule has 0 saturated heterocycles. The average molecular weight is 266 g/mol. The Balaban J connectivity index is 2.28. The molecule has 0 aliphatic heterocycles. The van der Waals surface area contributed by atoms with E-state index < -0.39 is 0 Å². The summed E-state index contributed by atoms with van der Waals surface area (Å²) in [5.74, 6) is 5.39. The van der Waals surface area contributed by atoms with Crippen molar-refractivity contribution in [1.29, 1.82) is 0 Å². The standard InChI is InChI=1S/C15H14N4O/c1-11-4-5-12(3-2-6-16)13(9-11)19-15(20)14-10-17-7-8-18-14/h4-5,7-10H,6,16H2,1H3,(H,19,20). The molecular formula is C15H14N4O. The fraction of sp³-hybridized carbons (Fsp3) is 0.133. The van der Waals surface area contributed by atoms with Crippen LogP contribution in [0.5, 0.6) is 0 Å². The molecule has 0 radical (unpaired) electrons. The van der Waals surface area contributed by atoms with Crippen molar-refractivity contribution in [2.24, 2.45) is 5.73 Å². The number of nitrogens with two attached hydrogens (primary N) is 1. The third-order valence-corrected chi connectivity index (χ3v) is 2.54. The van der Waals surface area contributed by atoms with Crippen LogP contribution in [-0.2, 0) is 0 Å². The van der Waals surface area contributed by atoms with Gasteiger partial charge in [0.1, 0.15) is 5.69 Å². The van der Waals surface area contributed by atoms with Gasteiger partial charge in [0, 0.05) is 18.0 Å². The number of nitrogens with zero attached hydrogens (tertiary/aromatic N) is 2. The first-order valence-corrected chi connectivity index (χ1v) is 6.07. The van der Waals surface area contributed by atoms with Crippen molar-refractivity contribution in [2.45, 2.75) is 6.92 Å². The predicted octanol–water partition coefficient (Wildman–Crippen LogP) is 1.35. The van der Waals surface area contributed by atoms with Crippen molar-refractivity contribution in [1.82, 2.24) is 9.97 Å². The molecule has 2 rings (SSSR count). The summed E-state index contributed by atoms with van der Waals surface area (Å²) in [6, 6.07) is 5.64. The minimum Gasteiger partial charge on any atom is -0.320 e. The lowest BCUT2D eigenvalue weighted by atomic mass is 10.1. The molecule has 0 unspecified atom stereocenters. The van der Waals surface area contributed by atoms with Crippen molar-refractivity contribution in [3.05, 3.63) is 53.6 Å². The summed E-state index contributed by atoms with van der Waals surface area (Å²) in [7, 11) is 0. The molecule has 0 fully saturated rings. The molecule has 5 heteroatoms. The molecule has 20 heavy (non-hydrogen) atoms. The molecule has 100 valence electrons. The zero-order valence-corrected chi connectivity index (χ0v) is 11.1. The minimum absolute atomic E-state index is 0.256. The largest absolute Gasteiger partial charge is 0.320 e. The first kappa shape index (κ1) is 13.7. The normalized spacial score (nSPS) is 9.50. The highest BCUT2D eigenvalue weighted by Gasteiger charge is 2.09. The maximum Gasteiger partial charge on any atom is 0.275 e. The van der Waals surface area contributed by atoms with Gasteiger partial charge in [-0.05, 0) is 24.6 Å². The van der Waals surface area contributed by atoms with Gasteiger partial charge in [0.2, 0.25) is 0 Å². The molecule has 1 aromatic carbocycles. The van der Waals surface area contributed by atoms with E-state index in [2.05, 4.69) is 27.1 Å². The number of rotatable bonds is 2. The zero-order chi connectivity index (χ0) is 14.4. The summed E-state index contributed by atoms with van der Waals surface area (Å²) in [6.45, 7) is 2.21. The molecule has 0 aliphatic rings. The van der Waals surface area contributed by atoms with Crippen LogP contribution in [0.2, 0.25) is 0 Å². The predicted molar refractivity (Wildman–Crippen MR) is 77.1 cm³/mol. The molecule has 2 aromatic rings. The summed E-state index contributed by atoms with van der Waals surface area (Å²) >= 11 is 0. The second kappa shape index (κ2) is 6.45. The van der Waals surface area contributed by atoms with Crippen LogP contribution in [0.15, 0.2) is 36.8 Å². The van der Waals surface area contributed by atoms with E-state index in [-0.39, 0.29) is 18.1 Å². The fourth-order valence-electron chi connectivity index (χ4n) is 1.62. The molecule has 5 nitrogen and oxygen atoms in total. The van der Waals surface area contributed by atoms with E-state index in [0.29, 0.717) is 5.69 Å². The fourth-order valence-corrected chi connectivity index (χ4v) is 1.62. The lowest BCUT2D eigenvalue weighted by Crippen LogP contribution is -2.14. The van der Waals surface area contributed by atoms with Crippen LogP contribution >= 0.6 is 0 Å². The van der Waals surface area contributed by atoms with E-state index >= 15 is 0 Å². The third kappa shape index (κ3) is 3.40. The first-order valence-electron chi connectivity index (χ1n) is 6.07. The van der Waals surface area contributed by atoms with Crippen LogP contribution in [0.4, 0.5) is 5.69 Å². The second-order valence-electron chi connectivity index (χ2n) is 4.10. The van der Waals surface area contributed by atoms with E-state index in [1.807, 2.05) is 25.1 Å². The average Bonchev–Trinajstić information content (AvgIpc) is 2.47. The van der Waals surface area contributed by atoms with E-state index in [0.717, 1.165) is 11.1 Å². The summed E-state index contributed by atoms with van der Waals surface area (Å²) in [4.78, 5) is 19.9. The number of hydrogen-bond acceptors (Lipinski definition) is 4. The van der Waals surface area contributed by atoms with Gasteiger partial charge in [-0.25, -0.2) is 4.98 Å². The molecule has 0 bridgehead atoms. The van der Waals surface area contributed by atoms with Crippen LogP contribution in [-0.4, -0.2) is 22.4 Å². The van der Waals surface area contributed by atoms with E-state index in [1.165, 1.54) is 18.6 Å². The maximum absolute atomic E-state index is 12.1. The minimum atomic E-state index is -0.320. The number of aromatic nitrogens is 2. The van der Waals surface area contributed by atoms with Gasteiger partial charge in [0.15, 0.2) is 0 Å². The highest BCUT2D eigenvalue weighted by Crippen LogP contribution is 2.17. The van der Waals surface area contributed by atoms with Gasteiger partial charge in [-0.2, -0.15) is 0 Å². The highest BCUT2D eigenvalue weighted by atomic mass is 16.1. The van der Waals surface area contributed by atoms with Crippen molar-refractivity contribution < 1.29 is 4.79 Å². The number of hydrogen-bond donors (Lipinski definition) is 2. The Labute approximate surface area is 117 Å². The number of amides is 1. The lowest BCUT2D eigenvalue weighted by Gasteiger charge is -2.08. The molecule has 0 saturated carbocycles. The maximum atomic E-state index is 12.1. The van der Waals surface area contributed by atoms with E-state index in [1.54, 1.807) is 0 Å². The van der Waals surface area contributed by atoms with Crippen LogP contribution < -0.4 is 11.1 Å². The second-order valence-corrected chi connectivity index (χ2v) is 4.10. The SMILES string of the molecule is Cc1ccc(C#CCN)c(NC(=O)c2cnccn2)c1. The summed E-state index contributed by atoms with van der Waals surface area (Å²) < 4.78 is 0. The van der Waals surface area contributed by atoms with Gasteiger partial charge in [-0.15, -0.1) is 0 Å². The topological polar surface area (TPSA) is 80.9 Å². The van der Waals surface area contributed by atoms with Gasteiger partial charge >= 0.3 is 0 Å². The van der Waals surface area contributed by atoms with Crippen LogP contribution in [0, 0.1) is 18.8 Å². The number of nitrogens with one attached hydrogen (secondary N) is 1. The van der Waals surface area contributed by atoms with Gasteiger partial charge in [0.05, 0.1) is 18.4 Å². The van der Waals surface area contributed by atoms with Crippen molar-refractivity contribution in [2.75, 3.05) is 11.9 Å². The molecule has 1 heterocycles. The molecule has 3 N–H and O–H groups in total. The van der Waals surface area contributed by atoms with Crippen LogP contribution in [0.25, 0.3) is 0 Å². The molecule has 1 amide bonds. The van der Waals surface area contributed by atoms with Crippen molar-refractivity contribution in [3.63, 3.8) is 0 Å². The Bertz CT molecular complexity index is 671. The summed E-state index contributed by atoms with van der Waals surface area (Å²) in [5, 5.41) is 2.79. The Morgan fingerprint density at radius 3 is 2.95 bits per heavy atom. The first-order chi connectivity index (χ1) is 9.70. The quantitative estimate of drug-likeness (QED) is 0.804. The van der Waals surface area contributed by atoms with E-state index in [9.17, 15) is 4.79 Å². The number of carbonyl (C=O) groups is 1. The smallest absolute Gasteiger partial charge is 0.275 e. The number of anilines is 1. The van der Waals surface area contributed by atoms with Crippen molar-refractivity contribution in [3.8, 4) is 11.8 Å². The number of carbonyl (C=O) groups excluding carboxylic acids is 1. The van der Waals surface area contributed by atoms with Gasteiger partial charge in [0.25, 0.3) is 5.91 Å². The van der Waals surface area contributed by atoms with Crippen molar-refractivity contribution >= 4 is 11.6 Å².